The molecule has 3 nitrogen and oxygen atoms in total. The largest absolute Gasteiger partial charge is 0.461 e. The van der Waals surface area contributed by atoms with Crippen molar-refractivity contribution < 1.29 is 14.6 Å². The molecule has 0 amide bonds. The average molecular weight is 469 g/mol. The molecular weight excluding hydrogens is 432 g/mol. The Morgan fingerprint density at radius 1 is 0.857 bits per heavy atom. The predicted molar refractivity (Wildman–Crippen MR) is 139 cm³/mol. The van der Waals surface area contributed by atoms with Crippen LogP contribution in [0, 0.1) is 22.7 Å². The maximum Gasteiger partial charge on any atom is 0.309 e. The Kier molecular flexibility index (Phi) is 6.31. The summed E-state index contributed by atoms with van der Waals surface area (Å²) in [5.74, 6) is 0.433. The summed E-state index contributed by atoms with van der Waals surface area (Å²) in [5.41, 5.74) is 3.20. The van der Waals surface area contributed by atoms with E-state index < -0.39 is 6.10 Å². The molecule has 0 heterocycles. The molecule has 1 unspecified atom stereocenters. The van der Waals surface area contributed by atoms with Crippen molar-refractivity contribution in [2.24, 2.45) is 22.7 Å². The average Bonchev–Trinajstić information content (AvgIpc) is 3.19. The molecule has 0 spiro atoms. The maximum absolute atomic E-state index is 13.3. The van der Waals surface area contributed by atoms with Gasteiger partial charge in [0.15, 0.2) is 0 Å². The van der Waals surface area contributed by atoms with Gasteiger partial charge in [0, 0.05) is 17.3 Å². The fourth-order valence-corrected chi connectivity index (χ4v) is 7.09. The molecule has 2 saturated carbocycles. The molecule has 2 aliphatic rings. The quantitative estimate of drug-likeness (QED) is 0.383. The number of hydrogen-bond acceptors (Lipinski definition) is 3. The summed E-state index contributed by atoms with van der Waals surface area (Å²) in [4.78, 5) is 13.3. The van der Waals surface area contributed by atoms with E-state index in [4.69, 9.17) is 4.74 Å². The van der Waals surface area contributed by atoms with Gasteiger partial charge in [0.2, 0.25) is 0 Å². The van der Waals surface area contributed by atoms with E-state index in [1.54, 1.807) is 0 Å². The second kappa shape index (κ2) is 9.28. The molecule has 3 aromatic carbocycles. The van der Waals surface area contributed by atoms with Crippen molar-refractivity contribution >= 4 is 5.97 Å². The summed E-state index contributed by atoms with van der Waals surface area (Å²) in [6.45, 7) is 7.03. The summed E-state index contributed by atoms with van der Waals surface area (Å²) >= 11 is 0. The van der Waals surface area contributed by atoms with Gasteiger partial charge in [-0.1, -0.05) is 112 Å². The number of aliphatic hydroxyl groups excluding tert-OH is 1. The molecule has 2 fully saturated rings. The van der Waals surface area contributed by atoms with Crippen molar-refractivity contribution in [2.75, 3.05) is 0 Å². The van der Waals surface area contributed by atoms with E-state index in [-0.39, 0.29) is 41.2 Å². The van der Waals surface area contributed by atoms with Gasteiger partial charge in [0.05, 0.1) is 12.5 Å². The molecule has 1 N–H and O–H groups in total. The minimum atomic E-state index is -0.861. The zero-order chi connectivity index (χ0) is 24.6. The topological polar surface area (TPSA) is 46.5 Å². The number of benzene rings is 3. The first-order valence-electron chi connectivity index (χ1n) is 12.9. The highest BCUT2D eigenvalue weighted by Crippen LogP contribution is 2.71. The summed E-state index contributed by atoms with van der Waals surface area (Å²) in [5, 5.41) is 10.7. The van der Waals surface area contributed by atoms with Gasteiger partial charge >= 0.3 is 5.97 Å². The lowest BCUT2D eigenvalue weighted by molar-refractivity contribution is -0.163. The van der Waals surface area contributed by atoms with E-state index in [0.29, 0.717) is 5.92 Å². The van der Waals surface area contributed by atoms with Gasteiger partial charge in [-0.2, -0.15) is 0 Å². The first-order valence-corrected chi connectivity index (χ1v) is 12.9. The second-order valence-corrected chi connectivity index (χ2v) is 11.2. The van der Waals surface area contributed by atoms with Crippen LogP contribution in [0.25, 0.3) is 0 Å². The SMILES string of the molecule is CC1(C)[C@H]2CC[C@]1(C)[C@@H](OC(=O)CC(O)c1ccccc1)[C@H]2C(c1ccccc1)c1ccccc1. The van der Waals surface area contributed by atoms with E-state index in [0.717, 1.165) is 18.4 Å². The van der Waals surface area contributed by atoms with Gasteiger partial charge in [-0.15, -0.1) is 0 Å². The Morgan fingerprint density at radius 2 is 1.34 bits per heavy atom. The number of esters is 1. The first-order chi connectivity index (χ1) is 16.8. The molecular formula is C32H36O3. The van der Waals surface area contributed by atoms with E-state index in [1.807, 2.05) is 30.3 Å². The monoisotopic (exact) mass is 468 g/mol. The van der Waals surface area contributed by atoms with Crippen molar-refractivity contribution in [1.29, 1.82) is 0 Å². The molecule has 0 saturated heterocycles. The fourth-order valence-electron chi connectivity index (χ4n) is 7.09. The van der Waals surface area contributed by atoms with Gasteiger partial charge < -0.3 is 9.84 Å². The minimum absolute atomic E-state index is 0.0320. The smallest absolute Gasteiger partial charge is 0.309 e. The number of rotatable bonds is 7. The lowest BCUT2D eigenvalue weighted by Gasteiger charge is -2.41. The van der Waals surface area contributed by atoms with Crippen molar-refractivity contribution in [1.82, 2.24) is 0 Å². The highest BCUT2D eigenvalue weighted by molar-refractivity contribution is 5.70. The number of carbonyl (C=O) groups is 1. The van der Waals surface area contributed by atoms with Crippen molar-refractivity contribution in [3.63, 3.8) is 0 Å². The zero-order valence-corrected chi connectivity index (χ0v) is 20.9. The van der Waals surface area contributed by atoms with Gasteiger partial charge in [0.1, 0.15) is 6.10 Å². The minimum Gasteiger partial charge on any atom is -0.461 e. The van der Waals surface area contributed by atoms with Gasteiger partial charge in [-0.25, -0.2) is 0 Å². The Labute approximate surface area is 209 Å². The summed E-state index contributed by atoms with van der Waals surface area (Å²) in [6.07, 6.45) is 1.09. The molecule has 35 heavy (non-hydrogen) atoms. The molecule has 0 aliphatic heterocycles. The van der Waals surface area contributed by atoms with Crippen LogP contribution < -0.4 is 0 Å². The van der Waals surface area contributed by atoms with E-state index >= 15 is 0 Å². The molecule has 3 aromatic rings. The second-order valence-electron chi connectivity index (χ2n) is 11.2. The Hall–Kier alpha value is -2.91. The van der Waals surface area contributed by atoms with Crippen LogP contribution in [0.4, 0.5) is 0 Å². The zero-order valence-electron chi connectivity index (χ0n) is 20.9. The summed E-state index contributed by atoms with van der Waals surface area (Å²) in [6, 6.07) is 30.7. The van der Waals surface area contributed by atoms with E-state index in [9.17, 15) is 9.90 Å². The van der Waals surface area contributed by atoms with E-state index in [1.165, 1.54) is 11.1 Å². The van der Waals surface area contributed by atoms with Crippen LogP contribution in [0.3, 0.4) is 0 Å². The lowest BCUT2D eigenvalue weighted by atomic mass is 9.68. The van der Waals surface area contributed by atoms with Crippen LogP contribution in [0.1, 0.15) is 68.7 Å². The standard InChI is InChI=1S/C32H36O3/c1-31(2)25-19-20-32(31,3)30(35-27(34)21-26(33)22-13-7-4-8-14-22)29(25)28(23-15-9-5-10-16-23)24-17-11-6-12-18-24/h4-18,25-26,28-30,33H,19-21H2,1-3H3/t25-,26?,29+,30-,32+/m0/s1. The Morgan fingerprint density at radius 3 is 1.86 bits per heavy atom. The third-order valence-electron chi connectivity index (χ3n) is 9.32. The summed E-state index contributed by atoms with van der Waals surface area (Å²) in [7, 11) is 0. The third-order valence-corrected chi connectivity index (χ3v) is 9.32. The fraction of sp³-hybridized carbons (Fsp3) is 0.406. The molecule has 182 valence electrons. The number of hydrogen-bond donors (Lipinski definition) is 1. The highest BCUT2D eigenvalue weighted by Gasteiger charge is 2.69. The number of aliphatic hydroxyl groups is 1. The third kappa shape index (κ3) is 4.10. The lowest BCUT2D eigenvalue weighted by Crippen LogP contribution is -2.43. The van der Waals surface area contributed by atoms with Crippen molar-refractivity contribution in [3.05, 3.63) is 108 Å². The number of ether oxygens (including phenoxy) is 1. The normalized spacial score (nSPS) is 27.6. The molecule has 0 aromatic heterocycles. The molecule has 5 rings (SSSR count). The van der Waals surface area contributed by atoms with Crippen LogP contribution in [0.2, 0.25) is 0 Å². The predicted octanol–water partition coefficient (Wildman–Crippen LogP) is 6.93. The molecule has 5 atom stereocenters. The van der Waals surface area contributed by atoms with Crippen LogP contribution in [0.5, 0.6) is 0 Å². The maximum atomic E-state index is 13.3. The molecule has 2 aliphatic carbocycles. The van der Waals surface area contributed by atoms with Crippen LogP contribution >= 0.6 is 0 Å². The van der Waals surface area contributed by atoms with Gasteiger partial charge in [-0.3, -0.25) is 4.79 Å². The van der Waals surface area contributed by atoms with Gasteiger partial charge in [0.25, 0.3) is 0 Å². The molecule has 0 radical (unpaired) electrons. The van der Waals surface area contributed by atoms with Crippen LogP contribution in [0.15, 0.2) is 91.0 Å². The van der Waals surface area contributed by atoms with Crippen molar-refractivity contribution in [3.8, 4) is 0 Å². The molecule has 2 bridgehead atoms. The van der Waals surface area contributed by atoms with Crippen LogP contribution in [-0.4, -0.2) is 17.2 Å². The van der Waals surface area contributed by atoms with Crippen LogP contribution in [-0.2, 0) is 9.53 Å². The highest BCUT2D eigenvalue weighted by atomic mass is 16.5. The van der Waals surface area contributed by atoms with E-state index in [2.05, 4.69) is 81.4 Å². The first kappa shape index (κ1) is 23.8. The number of carbonyl (C=O) groups excluding carboxylic acids is 1. The van der Waals surface area contributed by atoms with Gasteiger partial charge in [-0.05, 0) is 40.9 Å². The number of fused-ring (bicyclic) bond motifs is 2. The Balaban J connectivity index is 1.50. The summed E-state index contributed by atoms with van der Waals surface area (Å²) < 4.78 is 6.41. The Bertz CT molecular complexity index is 1100. The van der Waals surface area contributed by atoms with Crippen molar-refractivity contribution in [2.45, 2.75) is 58.2 Å². The molecule has 3 heteroatoms.